The van der Waals surface area contributed by atoms with E-state index < -0.39 is 9.05 Å². The summed E-state index contributed by atoms with van der Waals surface area (Å²) in [5.74, 6) is 0. The van der Waals surface area contributed by atoms with Crippen molar-refractivity contribution in [3.63, 3.8) is 0 Å². The van der Waals surface area contributed by atoms with E-state index in [2.05, 4.69) is 11.6 Å². The Hall–Kier alpha value is 1.37. The van der Waals surface area contributed by atoms with Crippen LogP contribution >= 0.6 is 56.5 Å². The van der Waals surface area contributed by atoms with Crippen molar-refractivity contribution in [1.29, 1.82) is 0 Å². The molecule has 0 spiro atoms. The van der Waals surface area contributed by atoms with E-state index in [4.69, 9.17) is 33.9 Å². The van der Waals surface area contributed by atoms with Crippen LogP contribution in [0.15, 0.2) is 0 Å². The van der Waals surface area contributed by atoms with Crippen LogP contribution in [0.4, 0.5) is 8.78 Å². The van der Waals surface area contributed by atoms with Gasteiger partial charge in [0, 0.05) is 0 Å². The highest BCUT2D eigenvalue weighted by molar-refractivity contribution is 8.24. The number of halogens is 6. The van der Waals surface area contributed by atoms with Crippen LogP contribution in [0.1, 0.15) is 0 Å². The van der Waals surface area contributed by atoms with Gasteiger partial charge in [-0.25, -0.2) is 0 Å². The molecule has 0 fully saturated rings. The van der Waals surface area contributed by atoms with Gasteiger partial charge in [0.25, 0.3) is 3.67 Å². The molecule has 0 aliphatic rings. The summed E-state index contributed by atoms with van der Waals surface area (Å²) in [7, 11) is 4.92. The topological polar surface area (TPSA) is 0 Å². The molecule has 0 bridgehead atoms. The summed E-state index contributed by atoms with van der Waals surface area (Å²) in [5.41, 5.74) is 0. The normalized spacial score (nSPS) is 14.0. The van der Waals surface area contributed by atoms with Gasteiger partial charge in [0.2, 0.25) is 0 Å². The minimum Gasteiger partial charge on any atom is -0.184 e. The third-order valence-electron chi connectivity index (χ3n) is 0.427. The van der Waals surface area contributed by atoms with Gasteiger partial charge in [-0.3, -0.25) is 0 Å². The molecule has 0 aromatic rings. The molecule has 0 amide bonds. The Labute approximate surface area is 74.3 Å². The zero-order valence-electron chi connectivity index (χ0n) is 3.68. The highest BCUT2D eigenvalue weighted by Crippen LogP contribution is 2.51. The van der Waals surface area contributed by atoms with E-state index in [1.54, 1.807) is 0 Å². The third kappa shape index (κ3) is 2.85. The van der Waals surface area contributed by atoms with Crippen molar-refractivity contribution in [3.8, 4) is 0 Å². The Bertz CT molecular complexity index is 99.2. The van der Waals surface area contributed by atoms with Gasteiger partial charge in [0.1, 0.15) is 0 Å². The Morgan fingerprint density at radius 2 is 1.44 bits per heavy atom. The smallest absolute Gasteiger partial charge is 0.184 e. The van der Waals surface area contributed by atoms with Gasteiger partial charge in [-0.1, -0.05) is 23.2 Å². The molecule has 0 unspecified atom stereocenters. The van der Waals surface area contributed by atoms with Gasteiger partial charge in [-0.2, -0.15) is 8.78 Å². The van der Waals surface area contributed by atoms with Crippen LogP contribution in [-0.4, -0.2) is 9.05 Å². The van der Waals surface area contributed by atoms with Crippen molar-refractivity contribution in [2.45, 2.75) is 9.05 Å². The first-order chi connectivity index (χ1) is 3.81. The lowest BCUT2D eigenvalue weighted by Gasteiger charge is -2.19. The number of hydrogen-bond donors (Lipinski definition) is 0. The van der Waals surface area contributed by atoms with Crippen molar-refractivity contribution in [2.75, 3.05) is 0 Å². The molecule has 0 rings (SSSR count). The fourth-order valence-corrected chi connectivity index (χ4v) is 0.656. The van der Waals surface area contributed by atoms with E-state index in [1.807, 2.05) is 0 Å². The second kappa shape index (κ2) is 3.18. The molecule has 0 nitrogen and oxygen atoms in total. The molecular weight excluding hydrogens is 236 g/mol. The van der Waals surface area contributed by atoms with E-state index in [0.29, 0.717) is 0 Å². The zero-order chi connectivity index (χ0) is 7.71. The monoisotopic (exact) mass is 234 g/mol. The minimum atomic E-state index is -3.72. The summed E-state index contributed by atoms with van der Waals surface area (Å²) >= 11 is 14.2. The lowest BCUT2D eigenvalue weighted by Crippen LogP contribution is -2.27. The standard InChI is InChI=1S/C2Cl4F2S/c3-1(4,9-6)2(5,7)8. The zero-order valence-corrected chi connectivity index (χ0v) is 7.52. The predicted molar refractivity (Wildman–Crippen MR) is 38.7 cm³/mol. The van der Waals surface area contributed by atoms with Gasteiger partial charge in [-0.05, 0) is 33.3 Å². The summed E-state index contributed by atoms with van der Waals surface area (Å²) in [5, 5.41) is -3.72. The molecule has 0 saturated carbocycles. The second-order valence-corrected chi connectivity index (χ2v) is 4.57. The maximum Gasteiger partial charge on any atom is 0.364 e. The summed E-state index contributed by atoms with van der Waals surface area (Å²) in [6.07, 6.45) is 0. The maximum atomic E-state index is 11.9. The van der Waals surface area contributed by atoms with E-state index >= 15 is 0 Å². The van der Waals surface area contributed by atoms with Gasteiger partial charge in [-0.15, -0.1) is 0 Å². The van der Waals surface area contributed by atoms with Gasteiger partial charge >= 0.3 is 5.38 Å². The Kier molecular flexibility index (Phi) is 3.66. The van der Waals surface area contributed by atoms with E-state index in [0.717, 1.165) is 0 Å². The lowest BCUT2D eigenvalue weighted by atomic mass is 10.8. The number of alkyl halides is 5. The third-order valence-corrected chi connectivity index (χ3v) is 3.57. The minimum absolute atomic E-state index is 0.0552. The first-order valence-corrected chi connectivity index (χ1v) is 4.33. The average Bonchev–Trinajstić information content (AvgIpc) is 1.64. The van der Waals surface area contributed by atoms with Crippen LogP contribution in [-0.2, 0) is 0 Å². The quantitative estimate of drug-likeness (QED) is 0.656. The van der Waals surface area contributed by atoms with Crippen LogP contribution in [0.25, 0.3) is 0 Å². The van der Waals surface area contributed by atoms with Crippen LogP contribution < -0.4 is 0 Å². The molecule has 56 valence electrons. The summed E-state index contributed by atoms with van der Waals surface area (Å²) < 4.78 is 21.3. The van der Waals surface area contributed by atoms with Crippen LogP contribution in [0.3, 0.4) is 0 Å². The molecule has 0 aliphatic heterocycles. The molecule has 0 radical (unpaired) electrons. The van der Waals surface area contributed by atoms with Crippen LogP contribution in [0, 0.1) is 0 Å². The van der Waals surface area contributed by atoms with Crippen LogP contribution in [0.2, 0.25) is 0 Å². The van der Waals surface area contributed by atoms with E-state index in [-0.39, 0.29) is 11.0 Å². The van der Waals surface area contributed by atoms with Gasteiger partial charge in [0.05, 0.1) is 0 Å². The first kappa shape index (κ1) is 10.4. The molecule has 0 N–H and O–H groups in total. The van der Waals surface area contributed by atoms with Crippen molar-refractivity contribution in [2.24, 2.45) is 0 Å². The Balaban J connectivity index is 4.14. The van der Waals surface area contributed by atoms with E-state index in [9.17, 15) is 8.78 Å². The number of rotatable bonds is 2. The van der Waals surface area contributed by atoms with Crippen molar-refractivity contribution >= 4 is 56.5 Å². The van der Waals surface area contributed by atoms with E-state index in [1.165, 1.54) is 0 Å². The highest BCUT2D eigenvalue weighted by atomic mass is 35.7. The van der Waals surface area contributed by atoms with Crippen molar-refractivity contribution in [3.05, 3.63) is 0 Å². The molecule has 0 aromatic carbocycles. The average molecular weight is 236 g/mol. The lowest BCUT2D eigenvalue weighted by molar-refractivity contribution is 0.104. The fourth-order valence-electron chi connectivity index (χ4n) is 0.0437. The summed E-state index contributed by atoms with van der Waals surface area (Å²) in [6, 6.07) is 0. The molecule has 7 heteroatoms. The Morgan fingerprint density at radius 1 is 1.11 bits per heavy atom. The summed E-state index contributed by atoms with van der Waals surface area (Å²) in [4.78, 5) is 0. The van der Waals surface area contributed by atoms with Gasteiger partial charge in [0.15, 0.2) is 0 Å². The summed E-state index contributed by atoms with van der Waals surface area (Å²) in [6.45, 7) is 0. The molecule has 0 heterocycles. The first-order valence-electron chi connectivity index (χ1n) is 1.55. The van der Waals surface area contributed by atoms with Crippen molar-refractivity contribution < 1.29 is 8.78 Å². The molecular formula is C2Cl4F2S. The maximum absolute atomic E-state index is 11.9. The molecule has 0 aliphatic carbocycles. The molecule has 9 heavy (non-hydrogen) atoms. The largest absolute Gasteiger partial charge is 0.364 e. The molecule has 0 aromatic heterocycles. The predicted octanol–water partition coefficient (Wildman–Crippen LogP) is 3.84. The number of hydrogen-bond acceptors (Lipinski definition) is 1. The highest BCUT2D eigenvalue weighted by Gasteiger charge is 2.51. The van der Waals surface area contributed by atoms with Gasteiger partial charge < -0.3 is 0 Å². The SMILES string of the molecule is FC(F)(Cl)C(Cl)(Cl)SCl. The van der Waals surface area contributed by atoms with Crippen molar-refractivity contribution in [1.82, 2.24) is 0 Å². The van der Waals surface area contributed by atoms with Crippen LogP contribution in [0.5, 0.6) is 0 Å². The second-order valence-electron chi connectivity index (χ2n) is 1.09. The Morgan fingerprint density at radius 3 is 1.44 bits per heavy atom. The molecule has 0 saturated heterocycles. The molecule has 0 atom stereocenters. The fraction of sp³-hybridized carbons (Fsp3) is 1.00.